The van der Waals surface area contributed by atoms with E-state index in [0.29, 0.717) is 21.7 Å². The molecule has 1 unspecified atom stereocenters. The molecule has 1 heterocycles. The molecule has 0 aliphatic carbocycles. The minimum absolute atomic E-state index is 0.0344. The minimum Gasteiger partial charge on any atom is -0.324 e. The van der Waals surface area contributed by atoms with Crippen LogP contribution in [-0.4, -0.2) is 19.0 Å². The van der Waals surface area contributed by atoms with Crippen LogP contribution in [0, 0.1) is 11.8 Å². The van der Waals surface area contributed by atoms with Gasteiger partial charge in [0, 0.05) is 10.9 Å². The van der Waals surface area contributed by atoms with E-state index < -0.39 is 0 Å². The summed E-state index contributed by atoms with van der Waals surface area (Å²) in [6.45, 7) is 4.05. The molecule has 1 fully saturated rings. The highest BCUT2D eigenvalue weighted by Crippen LogP contribution is 2.29. The molecule has 1 aliphatic heterocycles. The number of halogens is 2. The first-order valence-corrected chi connectivity index (χ1v) is 7.84. The largest absolute Gasteiger partial charge is 0.324 e. The standard InChI is InChI=1S/C15H20Cl2N2O/c1-2-12(10-5-7-18-8-6-10)15(20)19-14-9-11(16)3-4-13(14)17/h3-4,9-10,12,18H,2,5-8H2,1H3,(H,19,20). The Kier molecular flexibility index (Phi) is 5.70. The van der Waals surface area contributed by atoms with E-state index in [1.165, 1.54) is 0 Å². The fraction of sp³-hybridized carbons (Fsp3) is 0.533. The van der Waals surface area contributed by atoms with E-state index in [9.17, 15) is 4.79 Å². The number of carbonyl (C=O) groups is 1. The highest BCUT2D eigenvalue weighted by molar-refractivity contribution is 6.35. The lowest BCUT2D eigenvalue weighted by Crippen LogP contribution is -2.36. The number of benzene rings is 1. The Hall–Kier alpha value is -0.770. The van der Waals surface area contributed by atoms with Crippen molar-refractivity contribution < 1.29 is 4.79 Å². The lowest BCUT2D eigenvalue weighted by atomic mass is 9.82. The van der Waals surface area contributed by atoms with Crippen LogP contribution in [-0.2, 0) is 4.79 Å². The molecule has 1 atom stereocenters. The summed E-state index contributed by atoms with van der Waals surface area (Å²) in [4.78, 5) is 12.5. The molecule has 1 aliphatic rings. The van der Waals surface area contributed by atoms with Gasteiger partial charge in [0.05, 0.1) is 10.7 Å². The molecule has 20 heavy (non-hydrogen) atoms. The predicted molar refractivity (Wildman–Crippen MR) is 84.5 cm³/mol. The van der Waals surface area contributed by atoms with Gasteiger partial charge in [0.2, 0.25) is 5.91 Å². The maximum absolute atomic E-state index is 12.5. The van der Waals surface area contributed by atoms with Crippen LogP contribution in [0.5, 0.6) is 0 Å². The third-order valence-electron chi connectivity index (χ3n) is 3.92. The Morgan fingerprint density at radius 1 is 1.40 bits per heavy atom. The smallest absolute Gasteiger partial charge is 0.227 e. The first-order valence-electron chi connectivity index (χ1n) is 7.08. The average Bonchev–Trinajstić information content (AvgIpc) is 2.45. The van der Waals surface area contributed by atoms with Crippen molar-refractivity contribution in [3.63, 3.8) is 0 Å². The summed E-state index contributed by atoms with van der Waals surface area (Å²) >= 11 is 12.0. The van der Waals surface area contributed by atoms with Gasteiger partial charge < -0.3 is 10.6 Å². The zero-order valence-electron chi connectivity index (χ0n) is 11.6. The number of piperidine rings is 1. The molecule has 1 aromatic carbocycles. The van der Waals surface area contributed by atoms with Gasteiger partial charge in [0.25, 0.3) is 0 Å². The highest BCUT2D eigenvalue weighted by Gasteiger charge is 2.28. The molecule has 0 bridgehead atoms. The van der Waals surface area contributed by atoms with Gasteiger partial charge in [-0.15, -0.1) is 0 Å². The molecule has 110 valence electrons. The lowest BCUT2D eigenvalue weighted by Gasteiger charge is -2.29. The second kappa shape index (κ2) is 7.30. The Morgan fingerprint density at radius 3 is 2.75 bits per heavy atom. The van der Waals surface area contributed by atoms with Crippen LogP contribution in [0.2, 0.25) is 10.0 Å². The molecule has 5 heteroatoms. The van der Waals surface area contributed by atoms with Crippen molar-refractivity contribution in [2.75, 3.05) is 18.4 Å². The van der Waals surface area contributed by atoms with Gasteiger partial charge in [0.1, 0.15) is 0 Å². The van der Waals surface area contributed by atoms with Crippen molar-refractivity contribution in [3.05, 3.63) is 28.2 Å². The van der Waals surface area contributed by atoms with Gasteiger partial charge in [-0.3, -0.25) is 4.79 Å². The second-order valence-electron chi connectivity index (χ2n) is 5.22. The fourth-order valence-electron chi connectivity index (χ4n) is 2.80. The quantitative estimate of drug-likeness (QED) is 0.883. The van der Waals surface area contributed by atoms with Gasteiger partial charge >= 0.3 is 0 Å². The Morgan fingerprint density at radius 2 is 2.10 bits per heavy atom. The van der Waals surface area contributed by atoms with Gasteiger partial charge in [0.15, 0.2) is 0 Å². The van der Waals surface area contributed by atoms with Crippen molar-refractivity contribution in [1.82, 2.24) is 5.32 Å². The summed E-state index contributed by atoms with van der Waals surface area (Å²) in [7, 11) is 0. The molecule has 3 nitrogen and oxygen atoms in total. The second-order valence-corrected chi connectivity index (χ2v) is 6.06. The molecular formula is C15H20Cl2N2O. The van der Waals surface area contributed by atoms with Gasteiger partial charge in [-0.05, 0) is 56.5 Å². The van der Waals surface area contributed by atoms with Crippen molar-refractivity contribution in [2.24, 2.45) is 11.8 Å². The van der Waals surface area contributed by atoms with E-state index in [2.05, 4.69) is 17.6 Å². The maximum atomic E-state index is 12.5. The molecule has 1 aromatic rings. The summed E-state index contributed by atoms with van der Waals surface area (Å²) in [5, 5.41) is 7.34. The first-order chi connectivity index (χ1) is 9.61. The van der Waals surface area contributed by atoms with Crippen molar-refractivity contribution >= 4 is 34.8 Å². The number of carbonyl (C=O) groups excluding carboxylic acids is 1. The SMILES string of the molecule is CCC(C(=O)Nc1cc(Cl)ccc1Cl)C1CCNCC1. The molecule has 1 amide bonds. The van der Waals surface area contributed by atoms with E-state index in [-0.39, 0.29) is 11.8 Å². The van der Waals surface area contributed by atoms with Crippen LogP contribution in [0.25, 0.3) is 0 Å². The van der Waals surface area contributed by atoms with Crippen LogP contribution in [0.3, 0.4) is 0 Å². The summed E-state index contributed by atoms with van der Waals surface area (Å²) in [5.74, 6) is 0.523. The summed E-state index contributed by atoms with van der Waals surface area (Å²) < 4.78 is 0. The molecule has 0 aromatic heterocycles. The molecule has 0 spiro atoms. The van der Waals surface area contributed by atoms with E-state index in [0.717, 1.165) is 32.4 Å². The molecule has 1 saturated heterocycles. The topological polar surface area (TPSA) is 41.1 Å². The predicted octanol–water partition coefficient (Wildman–Crippen LogP) is 3.96. The zero-order valence-corrected chi connectivity index (χ0v) is 13.1. The minimum atomic E-state index is 0.0344. The van der Waals surface area contributed by atoms with Crippen LogP contribution in [0.1, 0.15) is 26.2 Å². The van der Waals surface area contributed by atoms with Crippen LogP contribution in [0.4, 0.5) is 5.69 Å². The number of hydrogen-bond donors (Lipinski definition) is 2. The van der Waals surface area contributed by atoms with Crippen molar-refractivity contribution in [2.45, 2.75) is 26.2 Å². The number of amides is 1. The van der Waals surface area contributed by atoms with E-state index in [1.807, 2.05) is 0 Å². The number of rotatable bonds is 4. The Balaban J connectivity index is 2.06. The first kappa shape index (κ1) is 15.6. The summed E-state index contributed by atoms with van der Waals surface area (Å²) in [6, 6.07) is 5.10. The Labute approximate surface area is 130 Å². The molecule has 2 N–H and O–H groups in total. The lowest BCUT2D eigenvalue weighted by molar-refractivity contribution is -0.121. The van der Waals surface area contributed by atoms with E-state index in [1.54, 1.807) is 18.2 Å². The molecular weight excluding hydrogens is 295 g/mol. The number of anilines is 1. The maximum Gasteiger partial charge on any atom is 0.227 e. The monoisotopic (exact) mass is 314 g/mol. The number of nitrogens with one attached hydrogen (secondary N) is 2. The van der Waals surface area contributed by atoms with E-state index >= 15 is 0 Å². The van der Waals surface area contributed by atoms with Crippen molar-refractivity contribution in [3.8, 4) is 0 Å². The summed E-state index contributed by atoms with van der Waals surface area (Å²) in [6.07, 6.45) is 2.94. The summed E-state index contributed by atoms with van der Waals surface area (Å²) in [5.41, 5.74) is 0.594. The van der Waals surface area contributed by atoms with E-state index in [4.69, 9.17) is 23.2 Å². The molecule has 2 rings (SSSR count). The zero-order chi connectivity index (χ0) is 14.5. The third-order valence-corrected chi connectivity index (χ3v) is 4.48. The number of hydrogen-bond acceptors (Lipinski definition) is 2. The Bertz CT molecular complexity index is 473. The van der Waals surface area contributed by atoms with Crippen LogP contribution < -0.4 is 10.6 Å². The van der Waals surface area contributed by atoms with Crippen LogP contribution >= 0.6 is 23.2 Å². The average molecular weight is 315 g/mol. The fourth-order valence-corrected chi connectivity index (χ4v) is 3.14. The van der Waals surface area contributed by atoms with Gasteiger partial charge in [-0.2, -0.15) is 0 Å². The highest BCUT2D eigenvalue weighted by atomic mass is 35.5. The third kappa shape index (κ3) is 3.87. The van der Waals surface area contributed by atoms with Gasteiger partial charge in [-0.1, -0.05) is 30.1 Å². The molecule has 0 saturated carbocycles. The van der Waals surface area contributed by atoms with Crippen LogP contribution in [0.15, 0.2) is 18.2 Å². The van der Waals surface area contributed by atoms with Gasteiger partial charge in [-0.25, -0.2) is 0 Å². The normalized spacial score (nSPS) is 17.8. The molecule has 0 radical (unpaired) electrons. The van der Waals surface area contributed by atoms with Crippen molar-refractivity contribution in [1.29, 1.82) is 0 Å².